The van der Waals surface area contributed by atoms with Crippen LogP contribution in [0.25, 0.3) is 0 Å². The van der Waals surface area contributed by atoms with Crippen molar-refractivity contribution in [1.29, 1.82) is 0 Å². The Bertz CT molecular complexity index is 1020. The number of aliphatic hydroxyl groups is 1. The van der Waals surface area contributed by atoms with Crippen molar-refractivity contribution < 1.29 is 14.6 Å². The smallest absolute Gasteiger partial charge is 0.338 e. The molecular formula is C36H54O3. The molecule has 5 saturated carbocycles. The quantitative estimate of drug-likeness (QED) is 0.339. The summed E-state index contributed by atoms with van der Waals surface area (Å²) < 4.78 is 6.10. The van der Waals surface area contributed by atoms with Crippen LogP contribution < -0.4 is 0 Å². The lowest BCUT2D eigenvalue weighted by Crippen LogP contribution is -2.56. The Balaban J connectivity index is 1.09. The molecule has 216 valence electrons. The summed E-state index contributed by atoms with van der Waals surface area (Å²) in [6.45, 7) is 9.98. The molecule has 0 spiro atoms. The van der Waals surface area contributed by atoms with E-state index in [1.165, 1.54) is 64.2 Å². The molecule has 0 radical (unpaired) electrons. The van der Waals surface area contributed by atoms with Gasteiger partial charge in [-0.25, -0.2) is 4.79 Å². The molecule has 0 amide bonds. The number of hydrogen-bond donors (Lipinski definition) is 1. The summed E-state index contributed by atoms with van der Waals surface area (Å²) in [5, 5.41) is 11.1. The van der Waals surface area contributed by atoms with Crippen LogP contribution in [0.3, 0.4) is 0 Å². The number of benzene rings is 1. The number of esters is 1. The molecule has 39 heavy (non-hydrogen) atoms. The Kier molecular flexibility index (Phi) is 7.47. The van der Waals surface area contributed by atoms with E-state index in [1.807, 2.05) is 30.3 Å². The normalized spacial score (nSPS) is 43.1. The van der Waals surface area contributed by atoms with Crippen LogP contribution in [0, 0.1) is 52.3 Å². The third-order valence-corrected chi connectivity index (χ3v) is 13.6. The van der Waals surface area contributed by atoms with Crippen LogP contribution in [-0.2, 0) is 4.74 Å². The monoisotopic (exact) mass is 534 g/mol. The fraction of sp³-hybridized carbons (Fsp3) is 0.806. The molecule has 0 saturated heterocycles. The second-order valence-electron chi connectivity index (χ2n) is 15.4. The van der Waals surface area contributed by atoms with Crippen molar-refractivity contribution in [2.45, 2.75) is 129 Å². The van der Waals surface area contributed by atoms with Gasteiger partial charge < -0.3 is 9.84 Å². The van der Waals surface area contributed by atoms with Gasteiger partial charge in [-0.3, -0.25) is 0 Å². The Hall–Kier alpha value is -1.35. The van der Waals surface area contributed by atoms with Crippen LogP contribution in [-0.4, -0.2) is 22.8 Å². The van der Waals surface area contributed by atoms with Crippen LogP contribution in [0.5, 0.6) is 0 Å². The molecule has 5 aliphatic rings. The molecular weight excluding hydrogens is 480 g/mol. The molecule has 0 heterocycles. The van der Waals surface area contributed by atoms with Crippen molar-refractivity contribution in [1.82, 2.24) is 0 Å². The summed E-state index contributed by atoms with van der Waals surface area (Å²) in [4.78, 5) is 12.8. The lowest BCUT2D eigenvalue weighted by molar-refractivity contribution is -0.152. The topological polar surface area (TPSA) is 46.5 Å². The van der Waals surface area contributed by atoms with E-state index >= 15 is 0 Å². The summed E-state index contributed by atoms with van der Waals surface area (Å²) in [7, 11) is 0. The van der Waals surface area contributed by atoms with Gasteiger partial charge in [0.2, 0.25) is 0 Å². The highest BCUT2D eigenvalue weighted by Crippen LogP contribution is 2.69. The zero-order valence-corrected chi connectivity index (χ0v) is 25.2. The molecule has 1 aromatic rings. The molecule has 5 fully saturated rings. The fourth-order valence-corrected chi connectivity index (χ4v) is 10.9. The van der Waals surface area contributed by atoms with Gasteiger partial charge in [0.15, 0.2) is 0 Å². The van der Waals surface area contributed by atoms with Crippen molar-refractivity contribution in [3.05, 3.63) is 35.9 Å². The van der Waals surface area contributed by atoms with Gasteiger partial charge in [-0.2, -0.15) is 0 Å². The maximum absolute atomic E-state index is 12.8. The minimum atomic E-state index is -0.401. The van der Waals surface area contributed by atoms with E-state index in [1.54, 1.807) is 0 Å². The van der Waals surface area contributed by atoms with Crippen LogP contribution in [0.2, 0.25) is 0 Å². The summed E-state index contributed by atoms with van der Waals surface area (Å²) in [5.41, 5.74) is 1.19. The Morgan fingerprint density at radius 2 is 1.67 bits per heavy atom. The summed E-state index contributed by atoms with van der Waals surface area (Å²) in [5.74, 6) is 5.27. The number of carbonyl (C=O) groups is 1. The minimum Gasteiger partial charge on any atom is -0.458 e. The van der Waals surface area contributed by atoms with Gasteiger partial charge in [-0.05, 0) is 154 Å². The van der Waals surface area contributed by atoms with Crippen LogP contribution in [0.15, 0.2) is 30.3 Å². The van der Waals surface area contributed by atoms with Crippen molar-refractivity contribution in [3.8, 4) is 0 Å². The van der Waals surface area contributed by atoms with Crippen LogP contribution in [0.1, 0.15) is 128 Å². The molecule has 3 nitrogen and oxygen atoms in total. The molecule has 10 atom stereocenters. The molecule has 6 rings (SSSR count). The van der Waals surface area contributed by atoms with E-state index in [9.17, 15) is 9.90 Å². The van der Waals surface area contributed by atoms with Gasteiger partial charge >= 0.3 is 5.97 Å². The van der Waals surface area contributed by atoms with Crippen molar-refractivity contribution in [3.63, 3.8) is 0 Å². The van der Waals surface area contributed by atoms with E-state index in [4.69, 9.17) is 4.74 Å². The third-order valence-electron chi connectivity index (χ3n) is 13.6. The van der Waals surface area contributed by atoms with E-state index in [0.29, 0.717) is 28.2 Å². The van der Waals surface area contributed by atoms with Gasteiger partial charge in [0, 0.05) is 0 Å². The van der Waals surface area contributed by atoms with Gasteiger partial charge in [0.1, 0.15) is 6.10 Å². The van der Waals surface area contributed by atoms with Gasteiger partial charge in [-0.15, -0.1) is 0 Å². The number of hydrogen-bond acceptors (Lipinski definition) is 3. The second-order valence-corrected chi connectivity index (χ2v) is 15.4. The molecule has 5 aliphatic carbocycles. The first-order valence-electron chi connectivity index (χ1n) is 16.7. The SMILES string of the molecule is CC[C@]1(O)CC[C@@]2(C)[C@@H](CC[C@@H]3[C@@H]2CC[C@]2(C)[C@@H]([C@H](C)CC[C@H](OC(=O)c4ccccc4)C4CC4)CC[C@@H]32)C1. The fourth-order valence-electron chi connectivity index (χ4n) is 10.9. The molecule has 0 unspecified atom stereocenters. The lowest BCUT2D eigenvalue weighted by Gasteiger charge is -2.62. The zero-order valence-electron chi connectivity index (χ0n) is 25.2. The highest BCUT2D eigenvalue weighted by molar-refractivity contribution is 5.89. The molecule has 1 aromatic carbocycles. The minimum absolute atomic E-state index is 0.0872. The first kappa shape index (κ1) is 27.8. The maximum atomic E-state index is 12.8. The summed E-state index contributed by atoms with van der Waals surface area (Å²) >= 11 is 0. The van der Waals surface area contributed by atoms with Crippen molar-refractivity contribution in [2.75, 3.05) is 0 Å². The van der Waals surface area contributed by atoms with E-state index in [-0.39, 0.29) is 12.1 Å². The maximum Gasteiger partial charge on any atom is 0.338 e. The Morgan fingerprint density at radius 3 is 2.38 bits per heavy atom. The van der Waals surface area contributed by atoms with Crippen LogP contribution in [0.4, 0.5) is 0 Å². The van der Waals surface area contributed by atoms with Gasteiger partial charge in [0.25, 0.3) is 0 Å². The highest BCUT2D eigenvalue weighted by Gasteiger charge is 2.61. The molecule has 0 bridgehead atoms. The highest BCUT2D eigenvalue weighted by atomic mass is 16.5. The predicted octanol–water partition coefficient (Wildman–Crippen LogP) is 8.84. The van der Waals surface area contributed by atoms with Crippen molar-refractivity contribution in [2.24, 2.45) is 52.3 Å². The van der Waals surface area contributed by atoms with E-state index in [0.717, 1.165) is 55.3 Å². The summed E-state index contributed by atoms with van der Waals surface area (Å²) in [6, 6.07) is 9.53. The zero-order chi connectivity index (χ0) is 27.4. The summed E-state index contributed by atoms with van der Waals surface area (Å²) in [6.07, 6.45) is 17.2. The van der Waals surface area contributed by atoms with Crippen molar-refractivity contribution >= 4 is 5.97 Å². The Morgan fingerprint density at radius 1 is 0.923 bits per heavy atom. The lowest BCUT2D eigenvalue weighted by atomic mass is 9.43. The Labute approximate surface area is 237 Å². The molecule has 1 N–H and O–H groups in total. The van der Waals surface area contributed by atoms with Gasteiger partial charge in [0.05, 0.1) is 11.2 Å². The number of rotatable bonds is 8. The van der Waals surface area contributed by atoms with E-state index < -0.39 is 5.60 Å². The predicted molar refractivity (Wildman–Crippen MR) is 157 cm³/mol. The van der Waals surface area contributed by atoms with Crippen LogP contribution >= 0.6 is 0 Å². The number of fused-ring (bicyclic) bond motifs is 5. The first-order valence-corrected chi connectivity index (χ1v) is 16.7. The average molecular weight is 535 g/mol. The van der Waals surface area contributed by atoms with E-state index in [2.05, 4.69) is 27.7 Å². The number of carbonyl (C=O) groups excluding carboxylic acids is 1. The third kappa shape index (κ3) is 5.02. The largest absolute Gasteiger partial charge is 0.458 e. The second kappa shape index (κ2) is 10.5. The average Bonchev–Trinajstić information content (AvgIpc) is 3.72. The molecule has 0 aromatic heterocycles. The number of ether oxygens (including phenoxy) is 1. The van der Waals surface area contributed by atoms with Gasteiger partial charge in [-0.1, -0.05) is 45.9 Å². The molecule has 3 heteroatoms. The first-order chi connectivity index (χ1) is 18.7. The molecule has 0 aliphatic heterocycles. The standard InChI is InChI=1S/C36H54O3/c1-5-36(38)22-21-34(3)27(23-36)14-15-28-30-17-16-29(35(30,4)20-19-31(28)34)24(2)11-18-32(25-12-13-25)39-33(37)26-9-7-6-8-10-26/h6-10,24-25,27-32,38H,5,11-23H2,1-4H3/t24-,27+,28+,29-,30+,31+,32+,34+,35-,36+/m1/s1.